The van der Waals surface area contributed by atoms with Gasteiger partial charge in [0.2, 0.25) is 0 Å². The summed E-state index contributed by atoms with van der Waals surface area (Å²) in [6, 6.07) is 23.2. The molecule has 0 spiro atoms. The molecule has 0 N–H and O–H groups in total. The Morgan fingerprint density at radius 3 is 1.17 bits per heavy atom. The number of ketones is 1. The Morgan fingerprint density at radius 1 is 0.463 bits per heavy atom. The van der Waals surface area contributed by atoms with E-state index in [0.29, 0.717) is 35.4 Å². The van der Waals surface area contributed by atoms with Gasteiger partial charge in [0, 0.05) is 35.7 Å². The van der Waals surface area contributed by atoms with Crippen LogP contribution >= 0.6 is 23.2 Å². The van der Waals surface area contributed by atoms with E-state index in [1.165, 1.54) is 118 Å². The predicted octanol–water partition coefficient (Wildman–Crippen LogP) is 35.3. The summed E-state index contributed by atoms with van der Waals surface area (Å²) in [4.78, 5) is 19.4. The fourth-order valence-electron chi connectivity index (χ4n) is 10.4. The van der Waals surface area contributed by atoms with Gasteiger partial charge in [-0.2, -0.15) is 0 Å². The van der Waals surface area contributed by atoms with E-state index in [2.05, 4.69) is 288 Å². The van der Waals surface area contributed by atoms with E-state index < -0.39 is 0 Å². The highest BCUT2D eigenvalue weighted by molar-refractivity contribution is 6.31. The molecular weight excluding hydrogens is 1350 g/mol. The number of carbonyl (C=O) groups is 1. The van der Waals surface area contributed by atoms with Crippen LogP contribution in [0, 0.1) is 107 Å². The lowest BCUT2D eigenvalue weighted by Gasteiger charge is -2.28. The molecule has 0 amide bonds. The van der Waals surface area contributed by atoms with Gasteiger partial charge in [0.05, 0.1) is 5.02 Å². The first-order chi connectivity index (χ1) is 50.3. The van der Waals surface area contributed by atoms with Gasteiger partial charge in [-0.3, -0.25) is 14.8 Å². The number of allylic oxidation sites excluding steroid dienone is 4. The highest BCUT2D eigenvalue weighted by Gasteiger charge is 2.20. The first-order valence-electron chi connectivity index (χ1n) is 44.5. The number of hydrogen-bond acceptors (Lipinski definition) is 3. The molecule has 0 saturated heterocycles. The minimum absolute atomic E-state index is 0.293. The molecule has 2 aromatic carbocycles. The maximum absolute atomic E-state index is 11.2. The van der Waals surface area contributed by atoms with Crippen molar-refractivity contribution in [3.8, 4) is 0 Å². The van der Waals surface area contributed by atoms with Gasteiger partial charge in [-0.15, -0.1) is 0 Å². The van der Waals surface area contributed by atoms with Crippen LogP contribution in [-0.4, -0.2) is 15.8 Å². The molecule has 2 heterocycles. The summed E-state index contributed by atoms with van der Waals surface area (Å²) in [5.74, 6) is 13.8. The first-order valence-corrected chi connectivity index (χ1v) is 45.3. The third kappa shape index (κ3) is 83.4. The number of benzene rings is 2. The maximum atomic E-state index is 11.2. The van der Waals surface area contributed by atoms with E-state index in [-0.39, 0.29) is 0 Å². The number of pyridine rings is 2. The molecule has 0 atom stereocenters. The van der Waals surface area contributed by atoms with Crippen molar-refractivity contribution < 1.29 is 4.79 Å². The summed E-state index contributed by atoms with van der Waals surface area (Å²) in [5, 5.41) is 1.67. The van der Waals surface area contributed by atoms with Crippen LogP contribution in [0.4, 0.5) is 0 Å². The Labute approximate surface area is 690 Å². The van der Waals surface area contributed by atoms with Crippen molar-refractivity contribution in [2.75, 3.05) is 0 Å². The monoisotopic (exact) mass is 1540 g/mol. The number of carbonyl (C=O) groups excluding carboxylic acids is 1. The summed E-state index contributed by atoms with van der Waals surface area (Å²) in [7, 11) is 0. The molecule has 7 rings (SSSR count). The van der Waals surface area contributed by atoms with E-state index in [1.807, 2.05) is 83.3 Å². The number of aromatic nitrogens is 2. The minimum atomic E-state index is 0.293. The normalized spacial score (nSPS) is 12.7. The third-order valence-electron chi connectivity index (χ3n) is 18.6. The van der Waals surface area contributed by atoms with Gasteiger partial charge < -0.3 is 0 Å². The van der Waals surface area contributed by atoms with Crippen LogP contribution in [0.5, 0.6) is 0 Å². The third-order valence-corrected chi connectivity index (χ3v) is 19.3. The van der Waals surface area contributed by atoms with Crippen LogP contribution < -0.4 is 0 Å². The molecule has 0 bridgehead atoms. The van der Waals surface area contributed by atoms with E-state index >= 15 is 0 Å². The number of Topliss-reactive ketones (excluding diaryl/α,β-unsaturated/α-hetero) is 1. The number of nitrogens with zero attached hydrogens (tertiary/aromatic N) is 2. The zero-order valence-electron chi connectivity index (χ0n) is 79.8. The summed E-state index contributed by atoms with van der Waals surface area (Å²) < 4.78 is 0. The molecule has 2 saturated carbocycles. The lowest BCUT2D eigenvalue weighted by molar-refractivity contribution is -0.115. The smallest absolute Gasteiger partial charge is 0.162 e. The fraction of sp³-hybridized carbons (Fsp3) is 0.738. The topological polar surface area (TPSA) is 42.9 Å². The number of halogens is 2. The molecular formula is C103H190Cl2N2O. The van der Waals surface area contributed by atoms with Crippen molar-refractivity contribution in [3.05, 3.63) is 153 Å². The summed E-state index contributed by atoms with van der Waals surface area (Å²) in [6.07, 6.45) is 37.0. The maximum Gasteiger partial charge on any atom is 0.162 e. The lowest BCUT2D eigenvalue weighted by Crippen LogP contribution is -2.16. The molecule has 2 fully saturated rings. The Balaban J connectivity index is -0.000000207. The van der Waals surface area contributed by atoms with E-state index in [9.17, 15) is 4.79 Å². The molecule has 2 aromatic heterocycles. The highest BCUT2D eigenvalue weighted by atomic mass is 35.5. The van der Waals surface area contributed by atoms with E-state index in [1.54, 1.807) is 12.4 Å². The molecule has 108 heavy (non-hydrogen) atoms. The van der Waals surface area contributed by atoms with Gasteiger partial charge >= 0.3 is 0 Å². The molecule has 0 radical (unpaired) electrons. The van der Waals surface area contributed by atoms with Crippen LogP contribution in [-0.2, 0) is 36.9 Å². The highest BCUT2D eigenvalue weighted by Crippen LogP contribution is 2.33. The van der Waals surface area contributed by atoms with Crippen molar-refractivity contribution in [2.24, 2.45) is 100 Å². The van der Waals surface area contributed by atoms with Crippen LogP contribution in [0.2, 0.25) is 10.0 Å². The summed E-state index contributed by atoms with van der Waals surface area (Å²) in [6.45, 7) is 86.3. The van der Waals surface area contributed by atoms with Gasteiger partial charge in [0.1, 0.15) is 0 Å². The largest absolute Gasteiger partial charge is 0.294 e. The van der Waals surface area contributed by atoms with Crippen molar-refractivity contribution >= 4 is 29.0 Å². The Kier molecular flexibility index (Phi) is 83.0. The van der Waals surface area contributed by atoms with Crippen LogP contribution in [0.1, 0.15) is 393 Å². The predicted molar refractivity (Wildman–Crippen MR) is 500 cm³/mol. The zero-order valence-corrected chi connectivity index (χ0v) is 81.3. The molecule has 3 nitrogen and oxygen atoms in total. The zero-order chi connectivity index (χ0) is 85.1. The van der Waals surface area contributed by atoms with E-state index in [4.69, 9.17) is 23.2 Å². The summed E-state index contributed by atoms with van der Waals surface area (Å²) in [5.41, 5.74) is 9.26. The SMILES string of the molecule is CC.CC.CC(C)C(C)(C)C.CC(C)C(C)C.CC(C)C1CCC1.CC(C)CC(C)C.CC(C)CC1=CC=CCC1=O.CC(C)CC1CCC1.CC(C)Cc1ccccc1Cl.CC(C)Cc1ccncc1Cl.CCCC(C)C.CCCCC(C)C.CCc1ccc(CC(C)C)cc1.Cc1ccc(CC(C)C)cn1. The van der Waals surface area contributed by atoms with Gasteiger partial charge in [-0.25, -0.2) is 0 Å². The Morgan fingerprint density at radius 2 is 0.898 bits per heavy atom. The van der Waals surface area contributed by atoms with Crippen LogP contribution in [0.15, 0.2) is 109 Å². The number of hydrogen-bond donors (Lipinski definition) is 0. The summed E-state index contributed by atoms with van der Waals surface area (Å²) >= 11 is 11.9. The molecule has 632 valence electrons. The van der Waals surface area contributed by atoms with Crippen LogP contribution in [0.25, 0.3) is 0 Å². The minimum Gasteiger partial charge on any atom is -0.294 e. The second kappa shape index (κ2) is 76.1. The van der Waals surface area contributed by atoms with E-state index in [0.717, 1.165) is 130 Å². The molecule has 3 aliphatic carbocycles. The second-order valence-corrected chi connectivity index (χ2v) is 37.7. The van der Waals surface area contributed by atoms with Gasteiger partial charge in [-0.1, -0.05) is 424 Å². The Bertz CT molecular complexity index is 2510. The van der Waals surface area contributed by atoms with Gasteiger partial charge in [-0.05, 0) is 210 Å². The first kappa shape index (κ1) is 118. The van der Waals surface area contributed by atoms with Gasteiger partial charge in [0.15, 0.2) is 5.78 Å². The van der Waals surface area contributed by atoms with Crippen molar-refractivity contribution in [2.45, 2.75) is 398 Å². The van der Waals surface area contributed by atoms with Crippen molar-refractivity contribution in [1.29, 1.82) is 0 Å². The average Bonchev–Trinajstić information content (AvgIpc) is 0.933. The molecule has 5 heteroatoms. The molecule has 0 unspecified atom stereocenters. The standard InChI is InChI=1S/C12H18.C10H13Cl.C10H15N.C10H14O.C9H12ClN.C8H16.C7H14.3C7H16.2C6H14.2C2H6/c1-4-11-5-7-12(8-6-11)9-10(2)3;1-8(2)7-9-5-3-4-6-10(9)11;1-8(2)6-10-5-4-9(3)11-7-10;1-8(2)7-9-5-3-4-6-10(9)11;1-7(2)5-8-3-4-11-6-9(8)10;1-7(2)6-8-4-3-5-8;1-6(2)7-4-3-5-7;1-6(2)7(3,4)5;1-6(2)5-7(3)4;1-4-5-6-7(2)3;1-5(2)6(3)4;1-4-5-6(2)3;2*1-2/h5-8,10H,4,9H2,1-3H3;3-6,8H,7H2,1-2H3;4-5,7-8H,6H2,1-3H3;3-5,8H,6-7H2,1-2H3;3-4,6-7H,5H2,1-2H3;7-8H,3-6H2,1-2H3;6-7H,3-5H2,1-2H3;6H,1-5H3;6-7H,5H2,1-4H3;7H,4-6H2,1-3H3;5-6H,1-4H3;6H,4-5H2,1-3H3;2*1-2H3. The Hall–Kier alpha value is -3.53. The molecule has 3 aliphatic rings. The number of unbranched alkanes of at least 4 members (excludes halogenated alkanes) is 1. The second-order valence-electron chi connectivity index (χ2n) is 36.9. The number of aryl methyl sites for hydroxylation is 2. The van der Waals surface area contributed by atoms with Crippen molar-refractivity contribution in [1.82, 2.24) is 9.97 Å². The van der Waals surface area contributed by atoms with Crippen LogP contribution in [0.3, 0.4) is 0 Å². The van der Waals surface area contributed by atoms with Crippen molar-refractivity contribution in [3.63, 3.8) is 0 Å². The average molecular weight is 1540 g/mol. The molecule has 0 aliphatic heterocycles. The fourth-order valence-corrected chi connectivity index (χ4v) is 10.8. The van der Waals surface area contributed by atoms with Gasteiger partial charge in [0.25, 0.3) is 0 Å². The molecule has 4 aromatic rings. The number of rotatable bonds is 22. The lowest BCUT2D eigenvalue weighted by atomic mass is 9.78. The quantitative estimate of drug-likeness (QED) is 0.0788.